The van der Waals surface area contributed by atoms with Crippen LogP contribution >= 0.6 is 0 Å². The average molecular weight is 256 g/mol. The van der Waals surface area contributed by atoms with E-state index in [4.69, 9.17) is 0 Å². The summed E-state index contributed by atoms with van der Waals surface area (Å²) in [4.78, 5) is 2.34. The molecule has 98 valence electrons. The molecular weight excluding hydrogens is 232 g/mol. The van der Waals surface area contributed by atoms with Gasteiger partial charge in [0, 0.05) is 31.1 Å². The van der Waals surface area contributed by atoms with E-state index in [9.17, 15) is 4.21 Å². The second-order valence-corrected chi connectivity index (χ2v) is 7.25. The lowest BCUT2D eigenvalue weighted by atomic mass is 10.1. The Labute approximate surface area is 107 Å². The maximum absolute atomic E-state index is 11.7. The average Bonchev–Trinajstić information content (AvgIpc) is 3.02. The molecular formula is C13H24N2OS. The van der Waals surface area contributed by atoms with Crippen LogP contribution in [0.25, 0.3) is 0 Å². The Morgan fingerprint density at radius 2 is 2.24 bits per heavy atom. The van der Waals surface area contributed by atoms with Gasteiger partial charge in [-0.1, -0.05) is 19.9 Å². The van der Waals surface area contributed by atoms with E-state index in [1.165, 1.54) is 5.70 Å². The lowest BCUT2D eigenvalue weighted by molar-refractivity contribution is 0.429. The molecule has 2 rings (SSSR count). The molecule has 1 N–H and O–H groups in total. The van der Waals surface area contributed by atoms with E-state index in [2.05, 4.69) is 36.6 Å². The minimum atomic E-state index is -0.778. The van der Waals surface area contributed by atoms with Gasteiger partial charge in [0.25, 0.3) is 0 Å². The molecule has 0 bridgehead atoms. The first-order chi connectivity index (χ1) is 8.06. The first-order valence-electron chi connectivity index (χ1n) is 6.62. The number of nitrogens with one attached hydrogen (secondary N) is 1. The van der Waals surface area contributed by atoms with Gasteiger partial charge in [0.1, 0.15) is 0 Å². The largest absolute Gasteiger partial charge is 0.378 e. The fraction of sp³-hybridized carbons (Fsp3) is 0.846. The molecule has 0 radical (unpaired) electrons. The summed E-state index contributed by atoms with van der Waals surface area (Å²) >= 11 is 0. The number of nitrogens with zero attached hydrogens (tertiary/aromatic N) is 1. The van der Waals surface area contributed by atoms with Crippen molar-refractivity contribution in [1.29, 1.82) is 0 Å². The Bertz CT molecular complexity index is 323. The molecule has 2 fully saturated rings. The molecule has 3 nitrogen and oxygen atoms in total. The molecule has 1 aliphatic carbocycles. The van der Waals surface area contributed by atoms with Gasteiger partial charge in [-0.2, -0.15) is 0 Å². The molecule has 1 heterocycles. The molecule has 1 saturated heterocycles. The van der Waals surface area contributed by atoms with E-state index in [-0.39, 0.29) is 0 Å². The van der Waals surface area contributed by atoms with Gasteiger partial charge in [-0.15, -0.1) is 0 Å². The van der Waals surface area contributed by atoms with Crippen LogP contribution in [0.2, 0.25) is 0 Å². The summed E-state index contributed by atoms with van der Waals surface area (Å²) in [6.07, 6.45) is 5.76. The molecule has 4 heteroatoms. The maximum Gasteiger partial charge on any atom is 0.0947 e. The number of allylic oxidation sites excluding steroid dienone is 2. The van der Waals surface area contributed by atoms with E-state index < -0.39 is 11.0 Å². The van der Waals surface area contributed by atoms with Crippen molar-refractivity contribution in [2.24, 2.45) is 11.8 Å². The number of rotatable bonds is 5. The maximum atomic E-state index is 11.7. The van der Waals surface area contributed by atoms with E-state index >= 15 is 0 Å². The second kappa shape index (κ2) is 5.53. The van der Waals surface area contributed by atoms with Crippen molar-refractivity contribution < 1.29 is 4.21 Å². The highest BCUT2D eigenvalue weighted by molar-refractivity contribution is 7.84. The summed E-state index contributed by atoms with van der Waals surface area (Å²) in [6.45, 7) is 6.42. The van der Waals surface area contributed by atoms with Crippen molar-refractivity contribution in [3.63, 3.8) is 0 Å². The standard InChI is InChI=1S/C13H24N2OS/c1-10(2)6-12-7-11(9-15(12)3)8-14-17(16)13-4-5-13/h6,10-11,13-14H,4-5,7-9H2,1-3H3/b12-6-. The first-order valence-corrected chi connectivity index (χ1v) is 7.83. The van der Waals surface area contributed by atoms with Crippen LogP contribution in [0.1, 0.15) is 33.1 Å². The molecule has 2 aliphatic rings. The van der Waals surface area contributed by atoms with E-state index in [1.807, 2.05) is 0 Å². The zero-order valence-corrected chi connectivity index (χ0v) is 11.9. The quantitative estimate of drug-likeness (QED) is 0.815. The molecule has 0 aromatic rings. The van der Waals surface area contributed by atoms with E-state index in [1.54, 1.807) is 0 Å². The smallest absolute Gasteiger partial charge is 0.0947 e. The third-order valence-corrected chi connectivity index (χ3v) is 4.92. The molecule has 17 heavy (non-hydrogen) atoms. The molecule has 0 spiro atoms. The summed E-state index contributed by atoms with van der Waals surface area (Å²) in [7, 11) is 1.38. The van der Waals surface area contributed by atoms with Crippen LogP contribution in [0.3, 0.4) is 0 Å². The summed E-state index contributed by atoms with van der Waals surface area (Å²) < 4.78 is 14.9. The monoisotopic (exact) mass is 256 g/mol. The fourth-order valence-corrected chi connectivity index (χ4v) is 3.54. The Kier molecular flexibility index (Phi) is 4.26. The lowest BCUT2D eigenvalue weighted by Crippen LogP contribution is -2.28. The fourth-order valence-electron chi connectivity index (χ4n) is 2.34. The van der Waals surface area contributed by atoms with Crippen molar-refractivity contribution >= 4 is 11.0 Å². The third kappa shape index (κ3) is 3.81. The lowest BCUT2D eigenvalue weighted by Gasteiger charge is -2.14. The highest BCUT2D eigenvalue weighted by Gasteiger charge is 2.30. The van der Waals surface area contributed by atoms with Crippen LogP contribution in [0.15, 0.2) is 11.8 Å². The highest BCUT2D eigenvalue weighted by atomic mass is 32.2. The molecule has 2 atom stereocenters. The van der Waals surface area contributed by atoms with Crippen LogP contribution in [0.4, 0.5) is 0 Å². The highest BCUT2D eigenvalue weighted by Crippen LogP contribution is 2.27. The molecule has 0 aromatic heterocycles. The van der Waals surface area contributed by atoms with Crippen molar-refractivity contribution in [2.75, 3.05) is 20.1 Å². The van der Waals surface area contributed by atoms with Crippen LogP contribution < -0.4 is 4.72 Å². The summed E-state index contributed by atoms with van der Waals surface area (Å²) in [5.41, 5.74) is 1.45. The van der Waals surface area contributed by atoms with Gasteiger partial charge in [0.05, 0.1) is 11.0 Å². The third-order valence-electron chi connectivity index (χ3n) is 3.39. The van der Waals surface area contributed by atoms with Crippen molar-refractivity contribution in [2.45, 2.75) is 38.4 Å². The Balaban J connectivity index is 1.78. The van der Waals surface area contributed by atoms with Crippen LogP contribution in [0, 0.1) is 11.8 Å². The van der Waals surface area contributed by atoms with Crippen LogP contribution in [-0.4, -0.2) is 34.5 Å². The summed E-state index contributed by atoms with van der Waals surface area (Å²) in [5, 5.41) is 0.444. The number of likely N-dealkylation sites (tertiary alicyclic amines) is 1. The Morgan fingerprint density at radius 3 is 2.82 bits per heavy atom. The number of hydrogen-bond acceptors (Lipinski definition) is 2. The second-order valence-electron chi connectivity index (χ2n) is 5.70. The zero-order valence-electron chi connectivity index (χ0n) is 11.1. The molecule has 0 amide bonds. The number of hydrogen-bond donors (Lipinski definition) is 1. The molecule has 1 aliphatic heterocycles. The predicted octanol–water partition coefficient (Wildman–Crippen LogP) is 1.89. The van der Waals surface area contributed by atoms with Gasteiger partial charge >= 0.3 is 0 Å². The molecule has 0 aromatic carbocycles. The van der Waals surface area contributed by atoms with Gasteiger partial charge in [-0.3, -0.25) is 0 Å². The van der Waals surface area contributed by atoms with Gasteiger partial charge in [-0.05, 0) is 31.1 Å². The molecule has 1 saturated carbocycles. The van der Waals surface area contributed by atoms with Crippen LogP contribution in [0.5, 0.6) is 0 Å². The topological polar surface area (TPSA) is 32.3 Å². The normalized spacial score (nSPS) is 29.3. The van der Waals surface area contributed by atoms with Gasteiger partial charge in [-0.25, -0.2) is 8.93 Å². The predicted molar refractivity (Wildman–Crippen MR) is 72.8 cm³/mol. The van der Waals surface area contributed by atoms with Crippen molar-refractivity contribution in [3.8, 4) is 0 Å². The van der Waals surface area contributed by atoms with Gasteiger partial charge in [0.2, 0.25) is 0 Å². The van der Waals surface area contributed by atoms with Crippen molar-refractivity contribution in [3.05, 3.63) is 11.8 Å². The summed E-state index contributed by atoms with van der Waals surface area (Å²) in [6, 6.07) is 0. The van der Waals surface area contributed by atoms with Gasteiger partial charge in [0.15, 0.2) is 0 Å². The minimum absolute atomic E-state index is 0.444. The Hall–Kier alpha value is -0.350. The van der Waals surface area contributed by atoms with Crippen molar-refractivity contribution in [1.82, 2.24) is 9.62 Å². The summed E-state index contributed by atoms with van der Waals surface area (Å²) in [5.74, 6) is 1.23. The van der Waals surface area contributed by atoms with E-state index in [0.29, 0.717) is 17.1 Å². The zero-order chi connectivity index (χ0) is 12.4. The van der Waals surface area contributed by atoms with Gasteiger partial charge < -0.3 is 4.90 Å². The minimum Gasteiger partial charge on any atom is -0.378 e. The van der Waals surface area contributed by atoms with E-state index in [0.717, 1.165) is 32.4 Å². The Morgan fingerprint density at radius 1 is 1.53 bits per heavy atom. The SMILES string of the molecule is CC(C)/C=C1/CC(CNS(=O)C2CC2)CN1C. The first kappa shape index (κ1) is 13.1. The van der Waals surface area contributed by atoms with Crippen LogP contribution in [-0.2, 0) is 11.0 Å². The molecule has 2 unspecified atom stereocenters.